The highest BCUT2D eigenvalue weighted by molar-refractivity contribution is 7.91. The summed E-state index contributed by atoms with van der Waals surface area (Å²) in [6, 6.07) is 20.0. The second kappa shape index (κ2) is 14.3. The molecule has 2 heterocycles. The van der Waals surface area contributed by atoms with Crippen molar-refractivity contribution in [3.8, 4) is 0 Å². The number of benzene rings is 4. The van der Waals surface area contributed by atoms with Crippen molar-refractivity contribution in [3.05, 3.63) is 123 Å². The molecule has 2 N–H and O–H groups in total. The second-order valence-corrected chi connectivity index (χ2v) is 13.0. The maximum Gasteiger partial charge on any atom is 0.256 e. The third-order valence-electron chi connectivity index (χ3n) is 6.43. The van der Waals surface area contributed by atoms with Crippen LogP contribution in [0.25, 0.3) is 10.1 Å². The zero-order valence-electron chi connectivity index (χ0n) is 21.5. The van der Waals surface area contributed by atoms with E-state index in [1.165, 1.54) is 42.5 Å². The van der Waals surface area contributed by atoms with Crippen molar-refractivity contribution in [3.63, 3.8) is 0 Å². The Morgan fingerprint density at radius 3 is 1.89 bits per heavy atom. The van der Waals surface area contributed by atoms with Crippen LogP contribution in [0.3, 0.4) is 0 Å². The van der Waals surface area contributed by atoms with E-state index >= 15 is 0 Å². The number of carbonyl (C=O) groups is 2. The fraction of sp³-hybridized carbons (Fsp3) is 0.125. The van der Waals surface area contributed by atoms with Crippen molar-refractivity contribution in [1.29, 1.82) is 0 Å². The van der Waals surface area contributed by atoms with Gasteiger partial charge < -0.3 is 10.6 Å². The minimum absolute atomic E-state index is 0. The fourth-order valence-electron chi connectivity index (χ4n) is 4.41. The fourth-order valence-corrected chi connectivity index (χ4v) is 7.15. The molecule has 4 aromatic carbocycles. The standard InChI is InChI=1S/C15H11ClFNO3S.C15H9ClFNOS.2CH4/c16-12-8-9(4-5-13(12)17)18-15(19)11-2-1-3-14-10(11)6-7-22(14,20)21;16-12-8-9(4-5-13(12)17)18-15(19)11-2-1-3-14-10(11)6-7-20-14;;/h1-5,8H,6-7H2,(H,18,19);1-8H,(H,18,19);2*1H4. The van der Waals surface area contributed by atoms with Gasteiger partial charge in [0.15, 0.2) is 9.84 Å². The van der Waals surface area contributed by atoms with Crippen molar-refractivity contribution in [2.75, 3.05) is 16.4 Å². The smallest absolute Gasteiger partial charge is 0.256 e. The molecule has 0 spiro atoms. The van der Waals surface area contributed by atoms with Crippen LogP contribution in [0.2, 0.25) is 10.0 Å². The Hall–Kier alpha value is -3.83. The van der Waals surface area contributed by atoms with Gasteiger partial charge in [0.2, 0.25) is 0 Å². The predicted molar refractivity (Wildman–Crippen MR) is 176 cm³/mol. The van der Waals surface area contributed by atoms with E-state index in [1.807, 2.05) is 23.6 Å². The summed E-state index contributed by atoms with van der Waals surface area (Å²) in [4.78, 5) is 24.8. The molecule has 0 atom stereocenters. The zero-order valence-corrected chi connectivity index (χ0v) is 24.6. The molecule has 230 valence electrons. The number of hydrogen-bond acceptors (Lipinski definition) is 5. The maximum atomic E-state index is 13.1. The van der Waals surface area contributed by atoms with Gasteiger partial charge in [-0.3, -0.25) is 9.59 Å². The number of anilines is 2. The number of nitrogens with one attached hydrogen (secondary N) is 2. The summed E-state index contributed by atoms with van der Waals surface area (Å²) in [6.07, 6.45) is 0.311. The van der Waals surface area contributed by atoms with Crippen LogP contribution >= 0.6 is 34.5 Å². The normalized spacial score (nSPS) is 12.5. The molecule has 1 aliphatic rings. The summed E-state index contributed by atoms with van der Waals surface area (Å²) in [5.74, 6) is -1.76. The van der Waals surface area contributed by atoms with Gasteiger partial charge in [0.05, 0.1) is 20.7 Å². The van der Waals surface area contributed by atoms with Crippen LogP contribution in [0.4, 0.5) is 20.2 Å². The lowest BCUT2D eigenvalue weighted by atomic mass is 10.0. The Morgan fingerprint density at radius 1 is 0.750 bits per heavy atom. The first-order chi connectivity index (χ1) is 20.0. The monoisotopic (exact) mass is 676 g/mol. The van der Waals surface area contributed by atoms with Crippen LogP contribution in [0, 0.1) is 11.6 Å². The molecule has 1 aliphatic heterocycles. The summed E-state index contributed by atoms with van der Waals surface area (Å²) < 4.78 is 51.0. The minimum atomic E-state index is -3.30. The number of sulfone groups is 1. The molecule has 0 fully saturated rings. The van der Waals surface area contributed by atoms with Gasteiger partial charge in [-0.2, -0.15) is 0 Å². The van der Waals surface area contributed by atoms with E-state index in [2.05, 4.69) is 10.6 Å². The molecule has 5 aromatic rings. The van der Waals surface area contributed by atoms with E-state index in [0.717, 1.165) is 16.2 Å². The lowest BCUT2D eigenvalue weighted by molar-refractivity contribution is 0.101. The van der Waals surface area contributed by atoms with E-state index in [9.17, 15) is 26.8 Å². The molecule has 6 nitrogen and oxygen atoms in total. The summed E-state index contributed by atoms with van der Waals surface area (Å²) in [5.41, 5.74) is 2.22. The summed E-state index contributed by atoms with van der Waals surface area (Å²) in [6.45, 7) is 0. The lowest BCUT2D eigenvalue weighted by Crippen LogP contribution is -2.14. The molecule has 12 heteroatoms. The van der Waals surface area contributed by atoms with E-state index in [1.54, 1.807) is 23.5 Å². The first-order valence-electron chi connectivity index (χ1n) is 12.4. The highest BCUT2D eigenvalue weighted by atomic mass is 35.5. The zero-order chi connectivity index (χ0) is 30.0. The van der Waals surface area contributed by atoms with Gasteiger partial charge in [-0.1, -0.05) is 50.2 Å². The lowest BCUT2D eigenvalue weighted by Gasteiger charge is -2.09. The molecule has 6 rings (SSSR count). The number of hydrogen-bond donors (Lipinski definition) is 2. The Bertz CT molecular complexity index is 1960. The minimum Gasteiger partial charge on any atom is -0.322 e. The summed E-state index contributed by atoms with van der Waals surface area (Å²) in [7, 11) is -3.30. The topological polar surface area (TPSA) is 92.3 Å². The molecule has 0 saturated carbocycles. The van der Waals surface area contributed by atoms with Crippen molar-refractivity contribution in [1.82, 2.24) is 0 Å². The van der Waals surface area contributed by atoms with Crippen LogP contribution < -0.4 is 10.6 Å². The first kappa shape index (κ1) is 34.7. The average molecular weight is 678 g/mol. The molecule has 0 radical (unpaired) electrons. The van der Waals surface area contributed by atoms with Gasteiger partial charge in [0, 0.05) is 32.6 Å². The van der Waals surface area contributed by atoms with Crippen molar-refractivity contribution in [2.24, 2.45) is 0 Å². The van der Waals surface area contributed by atoms with Crippen LogP contribution in [-0.2, 0) is 16.3 Å². The van der Waals surface area contributed by atoms with Crippen LogP contribution in [0.15, 0.2) is 89.1 Å². The number of halogens is 4. The van der Waals surface area contributed by atoms with Gasteiger partial charge in [-0.15, -0.1) is 11.3 Å². The number of thiophene rings is 1. The van der Waals surface area contributed by atoms with E-state index in [0.29, 0.717) is 34.5 Å². The third kappa shape index (κ3) is 7.44. The number of fused-ring (bicyclic) bond motifs is 2. The third-order valence-corrected chi connectivity index (χ3v) is 9.68. The highest BCUT2D eigenvalue weighted by Crippen LogP contribution is 2.30. The number of amides is 2. The first-order valence-corrected chi connectivity index (χ1v) is 15.7. The van der Waals surface area contributed by atoms with E-state index in [-0.39, 0.29) is 41.5 Å². The molecular formula is C32H28Cl2F2N2O4S2. The molecule has 1 aromatic heterocycles. The predicted octanol–water partition coefficient (Wildman–Crippen LogP) is 9.28. The number of rotatable bonds is 4. The quantitative estimate of drug-likeness (QED) is 0.198. The van der Waals surface area contributed by atoms with Gasteiger partial charge in [0.1, 0.15) is 11.6 Å². The molecular weight excluding hydrogens is 649 g/mol. The van der Waals surface area contributed by atoms with Gasteiger partial charge in [-0.05, 0) is 84.1 Å². The van der Waals surface area contributed by atoms with Gasteiger partial charge in [-0.25, -0.2) is 17.2 Å². The summed E-state index contributed by atoms with van der Waals surface area (Å²) in [5, 5.41) is 8.05. The van der Waals surface area contributed by atoms with Crippen molar-refractivity contribution < 1.29 is 26.8 Å². The highest BCUT2D eigenvalue weighted by Gasteiger charge is 2.29. The van der Waals surface area contributed by atoms with Gasteiger partial charge >= 0.3 is 0 Å². The Labute approximate surface area is 268 Å². The molecule has 0 unspecified atom stereocenters. The van der Waals surface area contributed by atoms with Crippen molar-refractivity contribution >= 4 is 77.7 Å². The molecule has 0 saturated heterocycles. The molecule has 0 aliphatic carbocycles. The molecule has 2 amide bonds. The Kier molecular flexibility index (Phi) is 11.3. The SMILES string of the molecule is C.C.O=C(Nc1ccc(F)c(Cl)c1)c1cccc2c1CCS2(=O)=O.O=C(Nc1ccc(F)c(Cl)c1)c1cccc2sccc12. The van der Waals surface area contributed by atoms with Crippen LogP contribution in [0.5, 0.6) is 0 Å². The Morgan fingerprint density at radius 2 is 1.30 bits per heavy atom. The largest absolute Gasteiger partial charge is 0.322 e. The second-order valence-electron chi connectivity index (χ2n) is 9.16. The average Bonchev–Trinajstić information content (AvgIpc) is 3.57. The molecule has 44 heavy (non-hydrogen) atoms. The van der Waals surface area contributed by atoms with Crippen LogP contribution in [-0.4, -0.2) is 26.0 Å². The van der Waals surface area contributed by atoms with Crippen molar-refractivity contribution in [2.45, 2.75) is 26.2 Å². The van der Waals surface area contributed by atoms with Crippen LogP contribution in [0.1, 0.15) is 41.1 Å². The Balaban J connectivity index is 0.000000231. The molecule has 0 bridgehead atoms. The van der Waals surface area contributed by atoms with E-state index in [4.69, 9.17) is 23.2 Å². The summed E-state index contributed by atoms with van der Waals surface area (Å²) >= 11 is 12.9. The van der Waals surface area contributed by atoms with E-state index < -0.39 is 27.4 Å². The number of carbonyl (C=O) groups excluding carboxylic acids is 2. The van der Waals surface area contributed by atoms with Gasteiger partial charge in [0.25, 0.3) is 11.8 Å². The maximum absolute atomic E-state index is 13.1.